The maximum atomic E-state index is 11.1. The molecular formula is C12H25NO2. The second-order valence-electron chi connectivity index (χ2n) is 4.42. The molecular weight excluding hydrogens is 190 g/mol. The lowest BCUT2D eigenvalue weighted by Crippen LogP contribution is -2.25. The van der Waals surface area contributed by atoms with Gasteiger partial charge in [-0.25, -0.2) is 0 Å². The molecule has 0 aromatic carbocycles. The molecule has 0 radical (unpaired) electrons. The molecule has 0 fully saturated rings. The normalized spacial score (nSPS) is 10.7. The van der Waals surface area contributed by atoms with E-state index in [1.165, 1.54) is 19.3 Å². The molecule has 2 N–H and O–H groups in total. The van der Waals surface area contributed by atoms with E-state index in [0.29, 0.717) is 13.0 Å². The van der Waals surface area contributed by atoms with E-state index in [2.05, 4.69) is 19.2 Å². The Bertz CT molecular complexity index is 158. The molecule has 0 aromatic rings. The molecule has 1 amide bonds. The lowest BCUT2D eigenvalue weighted by atomic mass is 10.0. The summed E-state index contributed by atoms with van der Waals surface area (Å²) in [5, 5.41) is 11.1. The molecule has 3 heteroatoms. The minimum Gasteiger partial charge on any atom is -0.395 e. The van der Waals surface area contributed by atoms with E-state index < -0.39 is 0 Å². The number of hydrogen-bond donors (Lipinski definition) is 2. The van der Waals surface area contributed by atoms with E-state index >= 15 is 0 Å². The predicted molar refractivity (Wildman–Crippen MR) is 62.6 cm³/mol. The van der Waals surface area contributed by atoms with E-state index in [0.717, 1.165) is 18.8 Å². The largest absolute Gasteiger partial charge is 0.395 e. The van der Waals surface area contributed by atoms with E-state index in [4.69, 9.17) is 5.11 Å². The number of carbonyl (C=O) groups is 1. The van der Waals surface area contributed by atoms with Crippen molar-refractivity contribution in [3.8, 4) is 0 Å². The summed E-state index contributed by atoms with van der Waals surface area (Å²) in [5.74, 6) is 0.853. The molecule has 0 heterocycles. The number of carbonyl (C=O) groups excluding carboxylic acids is 1. The van der Waals surface area contributed by atoms with Gasteiger partial charge in [-0.05, 0) is 12.3 Å². The van der Waals surface area contributed by atoms with Crippen molar-refractivity contribution in [2.24, 2.45) is 5.92 Å². The summed E-state index contributed by atoms with van der Waals surface area (Å²) in [7, 11) is 0. The number of nitrogens with one attached hydrogen (secondary N) is 1. The minimum atomic E-state index is 0.0279. The Morgan fingerprint density at radius 1 is 1.20 bits per heavy atom. The highest BCUT2D eigenvalue weighted by molar-refractivity contribution is 5.75. The second-order valence-corrected chi connectivity index (χ2v) is 4.42. The zero-order valence-electron chi connectivity index (χ0n) is 10.1. The van der Waals surface area contributed by atoms with Gasteiger partial charge in [-0.1, -0.05) is 39.5 Å². The van der Waals surface area contributed by atoms with E-state index in [9.17, 15) is 4.79 Å². The third-order valence-corrected chi connectivity index (χ3v) is 2.37. The van der Waals surface area contributed by atoms with Crippen molar-refractivity contribution in [2.75, 3.05) is 13.2 Å². The molecule has 0 spiro atoms. The third kappa shape index (κ3) is 11.4. The Hall–Kier alpha value is -0.570. The van der Waals surface area contributed by atoms with Crippen LogP contribution in [0.5, 0.6) is 0 Å². The fourth-order valence-corrected chi connectivity index (χ4v) is 1.48. The molecule has 0 saturated carbocycles. The topological polar surface area (TPSA) is 49.3 Å². The highest BCUT2D eigenvalue weighted by atomic mass is 16.3. The predicted octanol–water partition coefficient (Wildman–Crippen LogP) is 2.09. The Morgan fingerprint density at radius 2 is 1.87 bits per heavy atom. The number of aliphatic hydroxyl groups is 1. The summed E-state index contributed by atoms with van der Waals surface area (Å²) in [6.07, 6.45) is 6.49. The first-order valence-corrected chi connectivity index (χ1v) is 6.04. The van der Waals surface area contributed by atoms with Crippen molar-refractivity contribution < 1.29 is 9.90 Å². The fourth-order valence-electron chi connectivity index (χ4n) is 1.48. The monoisotopic (exact) mass is 215 g/mol. The lowest BCUT2D eigenvalue weighted by molar-refractivity contribution is -0.121. The van der Waals surface area contributed by atoms with Gasteiger partial charge in [0.05, 0.1) is 6.61 Å². The molecule has 0 aliphatic rings. The summed E-state index contributed by atoms with van der Waals surface area (Å²) in [4.78, 5) is 11.1. The van der Waals surface area contributed by atoms with Crippen LogP contribution in [0.15, 0.2) is 0 Å². The summed E-state index contributed by atoms with van der Waals surface area (Å²) in [5.41, 5.74) is 0. The van der Waals surface area contributed by atoms with E-state index in [1.807, 2.05) is 0 Å². The number of rotatable bonds is 9. The maximum Gasteiger partial charge on any atom is 0.220 e. The van der Waals surface area contributed by atoms with Crippen LogP contribution in [0.25, 0.3) is 0 Å². The zero-order chi connectivity index (χ0) is 11.5. The molecule has 0 saturated heterocycles. The van der Waals surface area contributed by atoms with Crippen molar-refractivity contribution in [3.05, 3.63) is 0 Å². The number of amides is 1. The zero-order valence-corrected chi connectivity index (χ0v) is 10.1. The van der Waals surface area contributed by atoms with Crippen LogP contribution in [0.3, 0.4) is 0 Å². The molecule has 0 aliphatic heterocycles. The highest BCUT2D eigenvalue weighted by Crippen LogP contribution is 2.10. The standard InChI is InChI=1S/C12H25NO2/c1-11(2)7-5-3-4-6-8-12(15)13-9-10-14/h11,14H,3-10H2,1-2H3,(H,13,15). The summed E-state index contributed by atoms with van der Waals surface area (Å²) in [6, 6.07) is 0. The van der Waals surface area contributed by atoms with Crippen LogP contribution in [-0.4, -0.2) is 24.2 Å². The number of aliphatic hydroxyl groups excluding tert-OH is 1. The van der Waals surface area contributed by atoms with Gasteiger partial charge in [0.25, 0.3) is 0 Å². The summed E-state index contributed by atoms with van der Waals surface area (Å²) in [6.45, 7) is 4.89. The first kappa shape index (κ1) is 14.4. The summed E-state index contributed by atoms with van der Waals surface area (Å²) < 4.78 is 0. The lowest BCUT2D eigenvalue weighted by Gasteiger charge is -2.04. The Balaban J connectivity index is 3.13. The molecule has 0 aliphatic carbocycles. The van der Waals surface area contributed by atoms with Crippen molar-refractivity contribution >= 4 is 5.91 Å². The van der Waals surface area contributed by atoms with Crippen LogP contribution in [0, 0.1) is 5.92 Å². The van der Waals surface area contributed by atoms with Gasteiger partial charge < -0.3 is 10.4 Å². The van der Waals surface area contributed by atoms with Gasteiger partial charge in [0.1, 0.15) is 0 Å². The van der Waals surface area contributed by atoms with Gasteiger partial charge in [0.2, 0.25) is 5.91 Å². The molecule has 15 heavy (non-hydrogen) atoms. The summed E-state index contributed by atoms with van der Waals surface area (Å²) >= 11 is 0. The molecule has 0 aromatic heterocycles. The SMILES string of the molecule is CC(C)CCCCCCC(=O)NCCO. The number of hydrogen-bond acceptors (Lipinski definition) is 2. The van der Waals surface area contributed by atoms with Crippen molar-refractivity contribution in [3.63, 3.8) is 0 Å². The van der Waals surface area contributed by atoms with E-state index in [-0.39, 0.29) is 12.5 Å². The maximum absolute atomic E-state index is 11.1. The Kier molecular flexibility index (Phi) is 9.59. The molecule has 0 atom stereocenters. The van der Waals surface area contributed by atoms with Gasteiger partial charge in [-0.3, -0.25) is 4.79 Å². The minimum absolute atomic E-state index is 0.0279. The van der Waals surface area contributed by atoms with Gasteiger partial charge >= 0.3 is 0 Å². The fraction of sp³-hybridized carbons (Fsp3) is 0.917. The van der Waals surface area contributed by atoms with Crippen molar-refractivity contribution in [1.29, 1.82) is 0 Å². The number of unbranched alkanes of at least 4 members (excludes halogenated alkanes) is 3. The van der Waals surface area contributed by atoms with Gasteiger partial charge in [-0.2, -0.15) is 0 Å². The van der Waals surface area contributed by atoms with Crippen LogP contribution in [0.4, 0.5) is 0 Å². The second kappa shape index (κ2) is 9.97. The van der Waals surface area contributed by atoms with Gasteiger partial charge in [0.15, 0.2) is 0 Å². The molecule has 0 unspecified atom stereocenters. The van der Waals surface area contributed by atoms with Crippen LogP contribution in [0.2, 0.25) is 0 Å². The quantitative estimate of drug-likeness (QED) is 0.579. The van der Waals surface area contributed by atoms with E-state index in [1.54, 1.807) is 0 Å². The van der Waals surface area contributed by atoms with Crippen LogP contribution >= 0.6 is 0 Å². The van der Waals surface area contributed by atoms with Crippen LogP contribution < -0.4 is 5.32 Å². The average molecular weight is 215 g/mol. The Morgan fingerprint density at radius 3 is 2.47 bits per heavy atom. The first-order chi connectivity index (χ1) is 7.16. The highest BCUT2D eigenvalue weighted by Gasteiger charge is 2.00. The Labute approximate surface area is 93.3 Å². The molecule has 0 bridgehead atoms. The van der Waals surface area contributed by atoms with Crippen molar-refractivity contribution in [2.45, 2.75) is 52.4 Å². The average Bonchev–Trinajstić information content (AvgIpc) is 2.19. The van der Waals surface area contributed by atoms with Gasteiger partial charge in [-0.15, -0.1) is 0 Å². The first-order valence-electron chi connectivity index (χ1n) is 6.04. The molecule has 90 valence electrons. The van der Waals surface area contributed by atoms with Gasteiger partial charge in [0, 0.05) is 13.0 Å². The molecule has 3 nitrogen and oxygen atoms in total. The third-order valence-electron chi connectivity index (χ3n) is 2.37. The van der Waals surface area contributed by atoms with Crippen molar-refractivity contribution in [1.82, 2.24) is 5.32 Å². The smallest absolute Gasteiger partial charge is 0.220 e. The molecule has 0 rings (SSSR count). The van der Waals surface area contributed by atoms with Crippen LogP contribution in [0.1, 0.15) is 52.4 Å². The van der Waals surface area contributed by atoms with Crippen LogP contribution in [-0.2, 0) is 4.79 Å².